The second-order valence-corrected chi connectivity index (χ2v) is 10.2. The predicted molar refractivity (Wildman–Crippen MR) is 138 cm³/mol. The molecule has 2 amide bonds. The van der Waals surface area contributed by atoms with Crippen LogP contribution in [-0.2, 0) is 22.7 Å². The van der Waals surface area contributed by atoms with Gasteiger partial charge in [0.2, 0.25) is 25.4 Å². The molecule has 0 bridgehead atoms. The summed E-state index contributed by atoms with van der Waals surface area (Å²) in [5.41, 5.74) is 2.35. The number of hydrogen-bond donors (Lipinski definition) is 0. The van der Waals surface area contributed by atoms with E-state index in [0.717, 1.165) is 62.3 Å². The highest BCUT2D eigenvalue weighted by atomic mass is 16.7. The Balaban J connectivity index is 0.891. The van der Waals surface area contributed by atoms with Gasteiger partial charge in [-0.1, -0.05) is 12.1 Å². The maximum absolute atomic E-state index is 12.8. The number of fused-ring (bicyclic) bond motifs is 2. The average Bonchev–Trinajstić information content (AvgIpc) is 3.61. The third kappa shape index (κ3) is 5.66. The van der Waals surface area contributed by atoms with Crippen LogP contribution in [0.2, 0.25) is 0 Å². The van der Waals surface area contributed by atoms with Crippen molar-refractivity contribution >= 4 is 11.8 Å². The van der Waals surface area contributed by atoms with Crippen LogP contribution in [0.15, 0.2) is 36.4 Å². The average molecular weight is 523 g/mol. The van der Waals surface area contributed by atoms with Crippen LogP contribution in [0.5, 0.6) is 23.0 Å². The molecule has 2 fully saturated rings. The first-order valence-electron chi connectivity index (χ1n) is 13.4. The van der Waals surface area contributed by atoms with Crippen LogP contribution in [0.1, 0.15) is 24.0 Å². The van der Waals surface area contributed by atoms with Gasteiger partial charge in [-0.05, 0) is 35.4 Å². The molecule has 2 saturated heterocycles. The first kappa shape index (κ1) is 24.8. The van der Waals surface area contributed by atoms with E-state index in [-0.39, 0.29) is 38.2 Å². The summed E-state index contributed by atoms with van der Waals surface area (Å²) in [6.07, 6.45) is 0.552. The Morgan fingerprint density at radius 2 is 0.947 bits per heavy atom. The van der Waals surface area contributed by atoms with Crippen molar-refractivity contribution < 1.29 is 28.5 Å². The van der Waals surface area contributed by atoms with Crippen LogP contribution in [0.4, 0.5) is 0 Å². The lowest BCUT2D eigenvalue weighted by Gasteiger charge is -2.36. The van der Waals surface area contributed by atoms with Crippen LogP contribution in [0, 0.1) is 0 Å². The van der Waals surface area contributed by atoms with Crippen molar-refractivity contribution in [2.75, 3.05) is 65.9 Å². The van der Waals surface area contributed by atoms with E-state index < -0.39 is 0 Å². The van der Waals surface area contributed by atoms with Gasteiger partial charge in [-0.25, -0.2) is 0 Å². The largest absolute Gasteiger partial charge is 0.454 e. The van der Waals surface area contributed by atoms with Gasteiger partial charge < -0.3 is 28.7 Å². The lowest BCUT2D eigenvalue weighted by molar-refractivity contribution is -0.139. The van der Waals surface area contributed by atoms with Crippen molar-refractivity contribution in [2.45, 2.75) is 25.9 Å². The fourth-order valence-corrected chi connectivity index (χ4v) is 5.44. The van der Waals surface area contributed by atoms with E-state index in [1.54, 1.807) is 0 Å². The molecule has 2 aromatic rings. The van der Waals surface area contributed by atoms with Crippen LogP contribution >= 0.6 is 0 Å². The second-order valence-electron chi connectivity index (χ2n) is 10.2. The number of amides is 2. The number of rotatable bonds is 7. The summed E-state index contributed by atoms with van der Waals surface area (Å²) >= 11 is 0. The molecule has 4 heterocycles. The first-order valence-corrected chi connectivity index (χ1v) is 13.4. The van der Waals surface area contributed by atoms with Crippen LogP contribution in [0.3, 0.4) is 0 Å². The third-order valence-corrected chi connectivity index (χ3v) is 7.69. The number of carbonyl (C=O) groups excluding carboxylic acids is 2. The van der Waals surface area contributed by atoms with Crippen LogP contribution < -0.4 is 18.9 Å². The Morgan fingerprint density at radius 3 is 1.37 bits per heavy atom. The van der Waals surface area contributed by atoms with Crippen molar-refractivity contribution in [3.8, 4) is 23.0 Å². The van der Waals surface area contributed by atoms with Gasteiger partial charge in [-0.15, -0.1) is 0 Å². The van der Waals surface area contributed by atoms with E-state index in [1.807, 2.05) is 34.1 Å². The summed E-state index contributed by atoms with van der Waals surface area (Å²) in [5, 5.41) is 0. The standard InChI is InChI=1S/C28H34N4O6/c33-27(31-11-7-29(8-12-31)17-21-1-3-23-25(15-21)37-19-35-23)5-6-28(34)32-13-9-30(10-14-32)18-22-2-4-24-26(16-22)38-20-36-24/h1-4,15-16H,5-14,17-20H2. The van der Waals surface area contributed by atoms with E-state index in [1.165, 1.54) is 11.1 Å². The molecule has 38 heavy (non-hydrogen) atoms. The van der Waals surface area contributed by atoms with Crippen molar-refractivity contribution in [1.29, 1.82) is 0 Å². The monoisotopic (exact) mass is 522 g/mol. The molecule has 0 spiro atoms. The summed E-state index contributed by atoms with van der Waals surface area (Å²) in [6.45, 7) is 8.23. The van der Waals surface area contributed by atoms with Gasteiger partial charge in [-0.3, -0.25) is 19.4 Å². The number of piperazine rings is 2. The van der Waals surface area contributed by atoms with E-state index in [2.05, 4.69) is 21.9 Å². The summed E-state index contributed by atoms with van der Waals surface area (Å²) in [6, 6.07) is 12.1. The molecular weight excluding hydrogens is 488 g/mol. The number of hydrogen-bond acceptors (Lipinski definition) is 8. The molecule has 10 nitrogen and oxygen atoms in total. The Kier molecular flexibility index (Phi) is 7.24. The van der Waals surface area contributed by atoms with E-state index in [9.17, 15) is 9.59 Å². The van der Waals surface area contributed by atoms with Crippen LogP contribution in [-0.4, -0.2) is 97.4 Å². The molecule has 0 saturated carbocycles. The molecule has 10 heteroatoms. The minimum absolute atomic E-state index is 0.0718. The molecule has 0 radical (unpaired) electrons. The number of carbonyl (C=O) groups is 2. The minimum Gasteiger partial charge on any atom is -0.454 e. The molecule has 202 valence electrons. The summed E-state index contributed by atoms with van der Waals surface area (Å²) in [4.78, 5) is 34.1. The Bertz CT molecular complexity index is 1080. The van der Waals surface area contributed by atoms with Gasteiger partial charge in [0.1, 0.15) is 0 Å². The lowest BCUT2D eigenvalue weighted by atomic mass is 10.1. The van der Waals surface area contributed by atoms with E-state index in [0.29, 0.717) is 26.2 Å². The van der Waals surface area contributed by atoms with Gasteiger partial charge in [0, 0.05) is 78.3 Å². The van der Waals surface area contributed by atoms with Crippen LogP contribution in [0.25, 0.3) is 0 Å². The lowest BCUT2D eigenvalue weighted by Crippen LogP contribution is -2.49. The molecule has 0 aromatic heterocycles. The second kappa shape index (κ2) is 11.1. The van der Waals surface area contributed by atoms with Gasteiger partial charge in [0.15, 0.2) is 23.0 Å². The topological polar surface area (TPSA) is 84.0 Å². The highest BCUT2D eigenvalue weighted by molar-refractivity contribution is 5.84. The number of ether oxygens (including phenoxy) is 4. The SMILES string of the molecule is O=C(CCC(=O)N1CCN(Cc2ccc3c(c2)OCO3)CC1)N1CCN(Cc2ccc3c(c2)OCO3)CC1. The van der Waals surface area contributed by atoms with Gasteiger partial charge in [0.25, 0.3) is 0 Å². The summed E-state index contributed by atoms with van der Waals surface area (Å²) < 4.78 is 21.7. The Labute approximate surface area is 222 Å². The quantitative estimate of drug-likeness (QED) is 0.546. The van der Waals surface area contributed by atoms with Crippen molar-refractivity contribution in [3.63, 3.8) is 0 Å². The molecule has 4 aliphatic rings. The van der Waals surface area contributed by atoms with Gasteiger partial charge in [-0.2, -0.15) is 0 Å². The predicted octanol–water partition coefficient (Wildman–Crippen LogP) is 1.91. The van der Waals surface area contributed by atoms with E-state index in [4.69, 9.17) is 18.9 Å². The summed E-state index contributed by atoms with van der Waals surface area (Å²) in [7, 11) is 0. The zero-order valence-electron chi connectivity index (χ0n) is 21.6. The van der Waals surface area contributed by atoms with Crippen molar-refractivity contribution in [2.24, 2.45) is 0 Å². The Morgan fingerprint density at radius 1 is 0.553 bits per heavy atom. The highest BCUT2D eigenvalue weighted by Crippen LogP contribution is 2.34. The number of benzene rings is 2. The maximum atomic E-state index is 12.8. The normalized spacial score (nSPS) is 19.2. The third-order valence-electron chi connectivity index (χ3n) is 7.69. The first-order chi connectivity index (χ1) is 18.6. The molecule has 0 aliphatic carbocycles. The summed E-state index contributed by atoms with van der Waals surface area (Å²) in [5.74, 6) is 3.33. The molecule has 6 rings (SSSR count). The number of nitrogens with zero attached hydrogens (tertiary/aromatic N) is 4. The molecule has 0 unspecified atom stereocenters. The molecule has 0 atom stereocenters. The molecule has 0 N–H and O–H groups in total. The molecular formula is C28H34N4O6. The fraction of sp³-hybridized carbons (Fsp3) is 0.500. The molecule has 2 aromatic carbocycles. The maximum Gasteiger partial charge on any atom is 0.231 e. The highest BCUT2D eigenvalue weighted by Gasteiger charge is 2.25. The Hall–Kier alpha value is -3.50. The zero-order valence-corrected chi connectivity index (χ0v) is 21.6. The fourth-order valence-electron chi connectivity index (χ4n) is 5.44. The molecule has 4 aliphatic heterocycles. The van der Waals surface area contributed by atoms with E-state index >= 15 is 0 Å². The van der Waals surface area contributed by atoms with Crippen molar-refractivity contribution in [1.82, 2.24) is 19.6 Å². The van der Waals surface area contributed by atoms with Crippen molar-refractivity contribution in [3.05, 3.63) is 47.5 Å². The van der Waals surface area contributed by atoms with Gasteiger partial charge in [0.05, 0.1) is 0 Å². The van der Waals surface area contributed by atoms with Gasteiger partial charge >= 0.3 is 0 Å². The minimum atomic E-state index is 0.0718. The smallest absolute Gasteiger partial charge is 0.231 e. The zero-order chi connectivity index (χ0) is 25.9.